The number of hydrogen-bond acceptors (Lipinski definition) is 6. The predicted molar refractivity (Wildman–Crippen MR) is 104 cm³/mol. The van der Waals surface area contributed by atoms with Crippen LogP contribution < -0.4 is 20.5 Å². The summed E-state index contributed by atoms with van der Waals surface area (Å²) >= 11 is 1.42. The molecule has 6 nitrogen and oxygen atoms in total. The number of nitrogens with two attached hydrogens (primary N) is 1. The van der Waals surface area contributed by atoms with E-state index in [0.29, 0.717) is 31.2 Å². The third-order valence-electron chi connectivity index (χ3n) is 3.23. The molecule has 2 aromatic rings. The summed E-state index contributed by atoms with van der Waals surface area (Å²) < 4.78 is 11.1. The van der Waals surface area contributed by atoms with Crippen LogP contribution >= 0.6 is 36.2 Å². The van der Waals surface area contributed by atoms with E-state index in [-0.39, 0.29) is 30.7 Å². The molecular formula is C16H21Cl2N3O3S. The molecule has 2 heterocycles. The van der Waals surface area contributed by atoms with Crippen LogP contribution in [0.25, 0.3) is 10.6 Å². The first-order valence-corrected chi connectivity index (χ1v) is 8.23. The maximum Gasteiger partial charge on any atom is 0.270 e. The van der Waals surface area contributed by atoms with Crippen molar-refractivity contribution in [2.45, 2.75) is 19.4 Å². The molecule has 0 saturated carbocycles. The van der Waals surface area contributed by atoms with Crippen LogP contribution in [-0.2, 0) is 0 Å². The SMILES string of the molecule is CC(C)(N)CNC(=O)c1csc(-c2ccc3c(c2)OCCO3)n1.Cl.Cl. The van der Waals surface area contributed by atoms with Gasteiger partial charge in [-0.05, 0) is 32.0 Å². The molecule has 0 saturated heterocycles. The highest BCUT2D eigenvalue weighted by molar-refractivity contribution is 7.13. The van der Waals surface area contributed by atoms with Crippen LogP contribution in [0.3, 0.4) is 0 Å². The average molecular weight is 406 g/mol. The van der Waals surface area contributed by atoms with Crippen LogP contribution in [0.15, 0.2) is 23.6 Å². The average Bonchev–Trinajstić information content (AvgIpc) is 3.01. The molecule has 0 atom stereocenters. The third kappa shape index (κ3) is 5.47. The summed E-state index contributed by atoms with van der Waals surface area (Å²) in [6.45, 7) is 5.20. The highest BCUT2D eigenvalue weighted by Gasteiger charge is 2.17. The van der Waals surface area contributed by atoms with Gasteiger partial charge in [-0.3, -0.25) is 4.79 Å². The van der Waals surface area contributed by atoms with Crippen LogP contribution in [0.1, 0.15) is 24.3 Å². The Kier molecular flexibility index (Phi) is 7.49. The normalized spacial score (nSPS) is 12.6. The second kappa shape index (κ2) is 8.71. The fourth-order valence-electron chi connectivity index (χ4n) is 2.09. The van der Waals surface area contributed by atoms with Crippen LogP contribution in [0.4, 0.5) is 0 Å². The second-order valence-electron chi connectivity index (χ2n) is 6.07. The van der Waals surface area contributed by atoms with E-state index in [4.69, 9.17) is 15.2 Å². The van der Waals surface area contributed by atoms with Gasteiger partial charge in [-0.15, -0.1) is 36.2 Å². The smallest absolute Gasteiger partial charge is 0.270 e. The van der Waals surface area contributed by atoms with Gasteiger partial charge >= 0.3 is 0 Å². The Hall–Kier alpha value is -1.54. The van der Waals surface area contributed by atoms with Crippen LogP contribution in [0.5, 0.6) is 11.5 Å². The number of halogens is 2. The van der Waals surface area contributed by atoms with Gasteiger partial charge in [0.1, 0.15) is 23.9 Å². The van der Waals surface area contributed by atoms with Crippen molar-refractivity contribution in [1.82, 2.24) is 10.3 Å². The molecule has 1 aromatic carbocycles. The van der Waals surface area contributed by atoms with Crippen LogP contribution in [0, 0.1) is 0 Å². The van der Waals surface area contributed by atoms with Crippen LogP contribution in [0.2, 0.25) is 0 Å². The second-order valence-corrected chi connectivity index (χ2v) is 6.93. The molecular weight excluding hydrogens is 385 g/mol. The summed E-state index contributed by atoms with van der Waals surface area (Å²) in [6.07, 6.45) is 0. The standard InChI is InChI=1S/C16H19N3O3S.2ClH/c1-16(2,17)9-18-14(20)11-8-23-15(19-11)10-3-4-12-13(7-10)22-6-5-21-12;;/h3-4,7-8H,5-6,9,17H2,1-2H3,(H,18,20);2*1H. The Labute approximate surface area is 162 Å². The van der Waals surface area contributed by atoms with E-state index < -0.39 is 5.54 Å². The van der Waals surface area contributed by atoms with E-state index in [1.807, 2.05) is 32.0 Å². The molecule has 138 valence electrons. The summed E-state index contributed by atoms with van der Waals surface area (Å²) in [5, 5.41) is 5.29. The summed E-state index contributed by atoms with van der Waals surface area (Å²) in [6, 6.07) is 5.66. The zero-order valence-corrected chi connectivity index (χ0v) is 16.4. The lowest BCUT2D eigenvalue weighted by Gasteiger charge is -2.18. The number of nitrogens with one attached hydrogen (secondary N) is 1. The van der Waals surface area contributed by atoms with E-state index in [2.05, 4.69) is 10.3 Å². The summed E-state index contributed by atoms with van der Waals surface area (Å²) in [5.74, 6) is 1.23. The molecule has 0 aliphatic carbocycles. The first kappa shape index (κ1) is 21.5. The minimum Gasteiger partial charge on any atom is -0.486 e. The Morgan fingerprint density at radius 3 is 2.64 bits per heavy atom. The van der Waals surface area contributed by atoms with Crippen molar-refractivity contribution >= 4 is 42.1 Å². The van der Waals surface area contributed by atoms with Gasteiger partial charge in [-0.2, -0.15) is 0 Å². The number of carbonyl (C=O) groups is 1. The number of hydrogen-bond donors (Lipinski definition) is 2. The molecule has 9 heteroatoms. The van der Waals surface area contributed by atoms with Crippen molar-refractivity contribution in [1.29, 1.82) is 0 Å². The quantitative estimate of drug-likeness (QED) is 0.816. The Morgan fingerprint density at radius 2 is 1.96 bits per heavy atom. The Morgan fingerprint density at radius 1 is 1.28 bits per heavy atom. The van der Waals surface area contributed by atoms with E-state index in [1.54, 1.807) is 5.38 Å². The van der Waals surface area contributed by atoms with E-state index in [9.17, 15) is 4.79 Å². The van der Waals surface area contributed by atoms with Crippen LogP contribution in [-0.4, -0.2) is 36.2 Å². The number of ether oxygens (including phenoxy) is 2. The van der Waals surface area contributed by atoms with Gasteiger partial charge in [-0.25, -0.2) is 4.98 Å². The highest BCUT2D eigenvalue weighted by Crippen LogP contribution is 2.35. The monoisotopic (exact) mass is 405 g/mol. The van der Waals surface area contributed by atoms with Gasteiger partial charge in [0.25, 0.3) is 5.91 Å². The van der Waals surface area contributed by atoms with Crippen molar-refractivity contribution in [3.8, 4) is 22.1 Å². The maximum absolute atomic E-state index is 12.1. The van der Waals surface area contributed by atoms with Gasteiger partial charge in [0.05, 0.1) is 0 Å². The molecule has 1 aromatic heterocycles. The molecule has 0 spiro atoms. The fourth-order valence-corrected chi connectivity index (χ4v) is 2.88. The zero-order chi connectivity index (χ0) is 16.4. The number of thiazole rings is 1. The largest absolute Gasteiger partial charge is 0.486 e. The van der Waals surface area contributed by atoms with Crippen molar-refractivity contribution in [2.24, 2.45) is 5.73 Å². The first-order chi connectivity index (χ1) is 10.9. The molecule has 0 bridgehead atoms. The molecule has 1 aliphatic heterocycles. The fraction of sp³-hybridized carbons (Fsp3) is 0.375. The highest BCUT2D eigenvalue weighted by atomic mass is 35.5. The van der Waals surface area contributed by atoms with Crippen molar-refractivity contribution in [3.05, 3.63) is 29.3 Å². The Balaban J connectivity index is 0.00000156. The molecule has 0 fully saturated rings. The molecule has 1 amide bonds. The third-order valence-corrected chi connectivity index (χ3v) is 4.12. The van der Waals surface area contributed by atoms with Crippen molar-refractivity contribution in [2.75, 3.05) is 19.8 Å². The molecule has 25 heavy (non-hydrogen) atoms. The molecule has 0 unspecified atom stereocenters. The van der Waals surface area contributed by atoms with Gasteiger partial charge in [0.15, 0.2) is 11.5 Å². The van der Waals surface area contributed by atoms with Gasteiger partial charge in [-0.1, -0.05) is 0 Å². The lowest BCUT2D eigenvalue weighted by molar-refractivity contribution is 0.0942. The molecule has 3 rings (SSSR count). The number of rotatable bonds is 4. The van der Waals surface area contributed by atoms with E-state index in [0.717, 1.165) is 16.3 Å². The lowest BCUT2D eigenvalue weighted by Crippen LogP contribution is -2.45. The minimum atomic E-state index is -0.454. The van der Waals surface area contributed by atoms with E-state index >= 15 is 0 Å². The number of amides is 1. The van der Waals surface area contributed by atoms with Gasteiger partial charge in [0.2, 0.25) is 0 Å². The Bertz CT molecular complexity index is 732. The first-order valence-electron chi connectivity index (χ1n) is 7.35. The van der Waals surface area contributed by atoms with Gasteiger partial charge < -0.3 is 20.5 Å². The maximum atomic E-state index is 12.1. The summed E-state index contributed by atoms with van der Waals surface area (Å²) in [4.78, 5) is 16.5. The number of nitrogens with zero attached hydrogens (tertiary/aromatic N) is 1. The van der Waals surface area contributed by atoms with Crippen molar-refractivity contribution < 1.29 is 14.3 Å². The van der Waals surface area contributed by atoms with Crippen molar-refractivity contribution in [3.63, 3.8) is 0 Å². The number of carbonyl (C=O) groups excluding carboxylic acids is 1. The lowest BCUT2D eigenvalue weighted by atomic mass is 10.1. The summed E-state index contributed by atoms with van der Waals surface area (Å²) in [5.41, 5.74) is 6.70. The number of aromatic nitrogens is 1. The zero-order valence-electron chi connectivity index (χ0n) is 13.9. The number of benzene rings is 1. The topological polar surface area (TPSA) is 86.5 Å². The predicted octanol–water partition coefficient (Wildman–Crippen LogP) is 2.89. The molecule has 3 N–H and O–H groups in total. The molecule has 0 radical (unpaired) electrons. The minimum absolute atomic E-state index is 0. The van der Waals surface area contributed by atoms with Gasteiger partial charge in [0, 0.05) is 23.0 Å². The molecule has 1 aliphatic rings. The number of fused-ring (bicyclic) bond motifs is 1. The van der Waals surface area contributed by atoms with E-state index in [1.165, 1.54) is 11.3 Å². The summed E-state index contributed by atoms with van der Waals surface area (Å²) in [7, 11) is 0.